The van der Waals surface area contributed by atoms with Crippen LogP contribution in [-0.2, 0) is 0 Å². The Morgan fingerprint density at radius 1 is 0.571 bits per heavy atom. The first-order chi connectivity index (χ1) is 13.5. The Balaban J connectivity index is 1.25. The summed E-state index contributed by atoms with van der Waals surface area (Å²) in [6, 6.07) is 0. The van der Waals surface area contributed by atoms with E-state index in [1.54, 1.807) is 0 Å². The second kappa shape index (κ2) is 5.76. The molecule has 1 nitrogen and oxygen atoms in total. The summed E-state index contributed by atoms with van der Waals surface area (Å²) in [6.45, 7) is 0. The minimum atomic E-state index is 0.282. The summed E-state index contributed by atoms with van der Waals surface area (Å²) in [4.78, 5) is 0. The Morgan fingerprint density at radius 2 is 0.857 bits per heavy atom. The van der Waals surface area contributed by atoms with Crippen LogP contribution in [0.3, 0.4) is 0 Å². The van der Waals surface area contributed by atoms with Crippen molar-refractivity contribution in [3.8, 4) is 0 Å². The van der Waals surface area contributed by atoms with E-state index < -0.39 is 0 Å². The van der Waals surface area contributed by atoms with Crippen molar-refractivity contribution in [2.24, 2.45) is 46.3 Å². The van der Waals surface area contributed by atoms with Crippen LogP contribution in [0.4, 0.5) is 0 Å². The van der Waals surface area contributed by atoms with E-state index in [1.165, 1.54) is 88.2 Å². The van der Waals surface area contributed by atoms with Crippen molar-refractivity contribution in [1.29, 1.82) is 0 Å². The van der Waals surface area contributed by atoms with Crippen molar-refractivity contribution in [2.45, 2.75) is 77.0 Å². The van der Waals surface area contributed by atoms with E-state index in [2.05, 4.69) is 11.7 Å². The minimum Gasteiger partial charge on any atom is -0.337 e. The van der Waals surface area contributed by atoms with Crippen LogP contribution in [0.25, 0.3) is 0 Å². The number of nitrogens with one attached hydrogen (secondary N) is 1. The van der Waals surface area contributed by atoms with Gasteiger partial charge in [-0.1, -0.05) is 23.2 Å². The molecule has 9 rings (SSSR count). The predicted octanol–water partition coefficient (Wildman–Crippen LogP) is 7.00. The molecule has 8 saturated carbocycles. The van der Waals surface area contributed by atoms with Gasteiger partial charge < -0.3 is 5.32 Å². The highest BCUT2D eigenvalue weighted by molar-refractivity contribution is 6.34. The monoisotopic (exact) mass is 415 g/mol. The Kier molecular flexibility index (Phi) is 3.60. The SMILES string of the molecule is ClC1=C(C23CC4CC(CC(C4)C2)C3)[C]C(C23CC4CC(CC(C4)C2)C3)=C(Cl)N1. The van der Waals surface area contributed by atoms with Crippen molar-refractivity contribution >= 4 is 23.2 Å². The van der Waals surface area contributed by atoms with Gasteiger partial charge in [-0.2, -0.15) is 0 Å². The molecule has 0 amide bonds. The van der Waals surface area contributed by atoms with E-state index >= 15 is 0 Å². The van der Waals surface area contributed by atoms with Crippen LogP contribution in [0.15, 0.2) is 21.5 Å². The molecule has 0 aromatic heterocycles. The molecule has 0 aromatic rings. The molecule has 0 saturated heterocycles. The number of halogens is 2. The summed E-state index contributed by atoms with van der Waals surface area (Å²) in [6.07, 6.45) is 20.8. The van der Waals surface area contributed by atoms with Crippen LogP contribution in [0.2, 0.25) is 0 Å². The number of hydrogen-bond acceptors (Lipinski definition) is 1. The Labute approximate surface area is 179 Å². The fraction of sp³-hybridized carbons (Fsp3) is 0.800. The molecule has 150 valence electrons. The van der Waals surface area contributed by atoms with Gasteiger partial charge in [-0.25, -0.2) is 0 Å². The van der Waals surface area contributed by atoms with E-state index in [0.29, 0.717) is 0 Å². The fourth-order valence-corrected chi connectivity index (χ4v) is 10.8. The van der Waals surface area contributed by atoms with E-state index in [-0.39, 0.29) is 10.8 Å². The average molecular weight is 416 g/mol. The van der Waals surface area contributed by atoms with Gasteiger partial charge in [-0.15, -0.1) is 0 Å². The molecule has 1 N–H and O–H groups in total. The van der Waals surface area contributed by atoms with Gasteiger partial charge in [-0.05, 0) is 135 Å². The lowest BCUT2D eigenvalue weighted by Gasteiger charge is -2.60. The standard InChI is InChI=1S/C25H31Cl2N/c26-22-20(24-8-14-1-15(9-24)3-16(2-14)10-24)7-21(23(27)28-22)25-11-17-4-18(12-25)6-19(5-17)13-25/h14-19,28H,1-6,8-13H2. The van der Waals surface area contributed by atoms with Crippen molar-refractivity contribution in [2.75, 3.05) is 0 Å². The molecule has 2 radical (unpaired) electrons. The lowest BCUT2D eigenvalue weighted by Crippen LogP contribution is -2.50. The Hall–Kier alpha value is -0.140. The topological polar surface area (TPSA) is 12.0 Å². The number of allylic oxidation sites excluding steroid dienone is 2. The normalized spacial score (nSPS) is 53.9. The summed E-state index contributed by atoms with van der Waals surface area (Å²) in [5.41, 5.74) is 3.21. The van der Waals surface area contributed by atoms with E-state index in [9.17, 15) is 0 Å². The number of rotatable bonds is 2. The summed E-state index contributed by atoms with van der Waals surface area (Å²) in [7, 11) is 0. The van der Waals surface area contributed by atoms with E-state index in [4.69, 9.17) is 23.2 Å². The fourth-order valence-electron chi connectivity index (χ4n) is 10.0. The van der Waals surface area contributed by atoms with Crippen LogP contribution in [0.5, 0.6) is 0 Å². The zero-order valence-electron chi connectivity index (χ0n) is 16.7. The average Bonchev–Trinajstić information content (AvgIpc) is 2.58. The largest absolute Gasteiger partial charge is 0.337 e. The highest BCUT2D eigenvalue weighted by Gasteiger charge is 2.57. The van der Waals surface area contributed by atoms with E-state index in [1.807, 2.05) is 0 Å². The maximum Gasteiger partial charge on any atom is 0.108 e. The molecular weight excluding hydrogens is 385 g/mol. The molecule has 28 heavy (non-hydrogen) atoms. The smallest absolute Gasteiger partial charge is 0.108 e. The van der Waals surface area contributed by atoms with Gasteiger partial charge in [0.05, 0.1) is 0 Å². The van der Waals surface area contributed by atoms with E-state index in [0.717, 1.165) is 45.8 Å². The lowest BCUT2D eigenvalue weighted by atomic mass is 9.45. The quantitative estimate of drug-likeness (QED) is 0.478. The first kappa shape index (κ1) is 17.5. The molecule has 1 aliphatic heterocycles. The Bertz CT molecular complexity index is 656. The van der Waals surface area contributed by atoms with Gasteiger partial charge in [0.15, 0.2) is 0 Å². The van der Waals surface area contributed by atoms with Gasteiger partial charge in [0.2, 0.25) is 0 Å². The molecule has 0 spiro atoms. The molecule has 8 fully saturated rings. The van der Waals surface area contributed by atoms with Gasteiger partial charge in [0.25, 0.3) is 0 Å². The molecular formula is C25H31Cl2N. The molecule has 3 heteroatoms. The van der Waals surface area contributed by atoms with Crippen molar-refractivity contribution in [3.63, 3.8) is 0 Å². The molecule has 0 unspecified atom stereocenters. The molecule has 0 aromatic carbocycles. The summed E-state index contributed by atoms with van der Waals surface area (Å²) in [5, 5.41) is 5.04. The summed E-state index contributed by atoms with van der Waals surface area (Å²) in [5.74, 6) is 5.55. The zero-order valence-corrected chi connectivity index (χ0v) is 18.2. The minimum absolute atomic E-state index is 0.282. The van der Waals surface area contributed by atoms with Crippen molar-refractivity contribution in [3.05, 3.63) is 27.9 Å². The first-order valence-corrected chi connectivity index (χ1v) is 12.6. The summed E-state index contributed by atoms with van der Waals surface area (Å²) < 4.78 is 0. The van der Waals surface area contributed by atoms with Crippen LogP contribution >= 0.6 is 23.2 Å². The van der Waals surface area contributed by atoms with Crippen LogP contribution < -0.4 is 5.32 Å². The van der Waals surface area contributed by atoms with Gasteiger partial charge in [-0.3, -0.25) is 0 Å². The van der Waals surface area contributed by atoms with Crippen LogP contribution in [0.1, 0.15) is 77.0 Å². The Morgan fingerprint density at radius 3 is 1.14 bits per heavy atom. The molecule has 0 atom stereocenters. The maximum atomic E-state index is 6.87. The summed E-state index contributed by atoms with van der Waals surface area (Å²) >= 11 is 13.7. The third-order valence-corrected chi connectivity index (χ3v) is 10.6. The maximum absolute atomic E-state index is 6.87. The highest BCUT2D eigenvalue weighted by Crippen LogP contribution is 2.67. The number of dihydropyridines is 1. The second-order valence-electron chi connectivity index (χ2n) is 12.0. The van der Waals surface area contributed by atoms with Crippen LogP contribution in [0, 0.1) is 52.8 Å². The molecule has 9 aliphatic rings. The molecule has 8 aliphatic carbocycles. The first-order valence-electron chi connectivity index (χ1n) is 11.8. The third kappa shape index (κ3) is 2.38. The molecule has 8 bridgehead atoms. The third-order valence-electron chi connectivity index (χ3n) is 10.0. The van der Waals surface area contributed by atoms with Crippen molar-refractivity contribution < 1.29 is 0 Å². The predicted molar refractivity (Wildman–Crippen MR) is 113 cm³/mol. The van der Waals surface area contributed by atoms with Crippen LogP contribution in [-0.4, -0.2) is 0 Å². The van der Waals surface area contributed by atoms with Gasteiger partial charge >= 0.3 is 0 Å². The zero-order chi connectivity index (χ0) is 18.7. The van der Waals surface area contributed by atoms with Gasteiger partial charge in [0.1, 0.15) is 10.3 Å². The second-order valence-corrected chi connectivity index (χ2v) is 12.8. The van der Waals surface area contributed by atoms with Gasteiger partial charge in [0, 0.05) is 6.42 Å². The highest BCUT2D eigenvalue weighted by atomic mass is 35.5. The lowest BCUT2D eigenvalue weighted by molar-refractivity contribution is -0.0358. The molecule has 1 heterocycles. The van der Waals surface area contributed by atoms with Crippen molar-refractivity contribution in [1.82, 2.24) is 5.32 Å². The number of hydrogen-bond donors (Lipinski definition) is 1.